The molecular formula is C15H24FNO2. The molecule has 0 bridgehead atoms. The lowest BCUT2D eigenvalue weighted by atomic mass is 9.85. The average molecular weight is 269 g/mol. The van der Waals surface area contributed by atoms with Crippen LogP contribution in [-0.2, 0) is 11.2 Å². The van der Waals surface area contributed by atoms with Gasteiger partial charge in [0.1, 0.15) is 0 Å². The molecule has 0 radical (unpaired) electrons. The molecule has 0 saturated heterocycles. The van der Waals surface area contributed by atoms with Crippen LogP contribution in [0.25, 0.3) is 0 Å². The summed E-state index contributed by atoms with van der Waals surface area (Å²) in [5.74, 6) is -0.0112. The largest absolute Gasteiger partial charge is 0.494 e. The Morgan fingerprint density at radius 3 is 2.58 bits per heavy atom. The molecule has 0 aromatic heterocycles. The minimum absolute atomic E-state index is 0.0643. The lowest BCUT2D eigenvalue weighted by Gasteiger charge is -2.25. The molecule has 0 heterocycles. The van der Waals surface area contributed by atoms with E-state index in [4.69, 9.17) is 9.47 Å². The summed E-state index contributed by atoms with van der Waals surface area (Å²) < 4.78 is 23.5. The fourth-order valence-electron chi connectivity index (χ4n) is 2.04. The molecule has 108 valence electrons. The van der Waals surface area contributed by atoms with Gasteiger partial charge in [-0.1, -0.05) is 19.9 Å². The fourth-order valence-corrected chi connectivity index (χ4v) is 2.04. The number of benzene rings is 1. The topological polar surface area (TPSA) is 30.5 Å². The Kier molecular flexibility index (Phi) is 6.25. The summed E-state index contributed by atoms with van der Waals surface area (Å²) in [4.78, 5) is 0. The van der Waals surface area contributed by atoms with Crippen molar-refractivity contribution in [1.82, 2.24) is 5.32 Å². The third-order valence-electron chi connectivity index (χ3n) is 2.99. The van der Waals surface area contributed by atoms with Crippen molar-refractivity contribution in [2.24, 2.45) is 5.41 Å². The van der Waals surface area contributed by atoms with Crippen LogP contribution in [0.2, 0.25) is 0 Å². The SMILES string of the molecule is COCCNCC(C)(C)Cc1ccc(OC)c(F)c1. The third kappa shape index (κ3) is 5.57. The van der Waals surface area contributed by atoms with Crippen molar-refractivity contribution in [3.05, 3.63) is 29.6 Å². The van der Waals surface area contributed by atoms with Crippen LogP contribution < -0.4 is 10.1 Å². The summed E-state index contributed by atoms with van der Waals surface area (Å²) >= 11 is 0. The summed E-state index contributed by atoms with van der Waals surface area (Å²) in [6, 6.07) is 5.15. The van der Waals surface area contributed by atoms with Gasteiger partial charge >= 0.3 is 0 Å². The maximum Gasteiger partial charge on any atom is 0.165 e. The van der Waals surface area contributed by atoms with Crippen molar-refractivity contribution in [3.63, 3.8) is 0 Å². The van der Waals surface area contributed by atoms with Gasteiger partial charge in [-0.25, -0.2) is 4.39 Å². The van der Waals surface area contributed by atoms with Gasteiger partial charge in [0.25, 0.3) is 0 Å². The van der Waals surface area contributed by atoms with Crippen LogP contribution in [0.3, 0.4) is 0 Å². The Labute approximate surface area is 115 Å². The monoisotopic (exact) mass is 269 g/mol. The number of methoxy groups -OCH3 is 2. The van der Waals surface area contributed by atoms with Crippen LogP contribution in [-0.4, -0.2) is 33.9 Å². The van der Waals surface area contributed by atoms with Gasteiger partial charge in [-0.2, -0.15) is 0 Å². The number of hydrogen-bond acceptors (Lipinski definition) is 3. The van der Waals surface area contributed by atoms with Crippen LogP contribution >= 0.6 is 0 Å². The first kappa shape index (κ1) is 15.9. The van der Waals surface area contributed by atoms with Crippen LogP contribution in [0.4, 0.5) is 4.39 Å². The second kappa shape index (κ2) is 7.46. The van der Waals surface area contributed by atoms with Crippen molar-refractivity contribution in [2.45, 2.75) is 20.3 Å². The predicted octanol–water partition coefficient (Wildman–Crippen LogP) is 2.64. The minimum atomic E-state index is -0.303. The molecule has 0 fully saturated rings. The maximum atomic E-state index is 13.6. The molecule has 0 aliphatic rings. The van der Waals surface area contributed by atoms with Crippen molar-refractivity contribution in [2.75, 3.05) is 33.9 Å². The Morgan fingerprint density at radius 1 is 1.26 bits per heavy atom. The van der Waals surface area contributed by atoms with E-state index in [1.807, 2.05) is 6.07 Å². The summed E-state index contributed by atoms with van der Waals surface area (Å²) in [5.41, 5.74) is 1.05. The molecule has 19 heavy (non-hydrogen) atoms. The van der Waals surface area contributed by atoms with E-state index in [9.17, 15) is 4.39 Å². The third-order valence-corrected chi connectivity index (χ3v) is 2.99. The van der Waals surface area contributed by atoms with E-state index >= 15 is 0 Å². The van der Waals surface area contributed by atoms with Crippen molar-refractivity contribution in [1.29, 1.82) is 0 Å². The van der Waals surface area contributed by atoms with E-state index in [2.05, 4.69) is 19.2 Å². The molecule has 0 saturated carbocycles. The lowest BCUT2D eigenvalue weighted by Crippen LogP contribution is -2.33. The first-order valence-electron chi connectivity index (χ1n) is 6.50. The maximum absolute atomic E-state index is 13.6. The highest BCUT2D eigenvalue weighted by atomic mass is 19.1. The van der Waals surface area contributed by atoms with Gasteiger partial charge in [-0.05, 0) is 29.5 Å². The quantitative estimate of drug-likeness (QED) is 0.736. The highest BCUT2D eigenvalue weighted by molar-refractivity contribution is 5.29. The standard InChI is InChI=1S/C15H24FNO2/c1-15(2,11-17-7-8-18-3)10-12-5-6-14(19-4)13(16)9-12/h5-6,9,17H,7-8,10-11H2,1-4H3. The van der Waals surface area contributed by atoms with Crippen molar-refractivity contribution >= 4 is 0 Å². The predicted molar refractivity (Wildman–Crippen MR) is 75.2 cm³/mol. The Balaban J connectivity index is 2.54. The number of ether oxygens (including phenoxy) is 2. The molecule has 4 heteroatoms. The van der Waals surface area contributed by atoms with E-state index in [0.717, 1.165) is 25.1 Å². The average Bonchev–Trinajstić information content (AvgIpc) is 2.34. The normalized spacial score (nSPS) is 11.6. The van der Waals surface area contributed by atoms with Gasteiger partial charge in [-0.3, -0.25) is 0 Å². The first-order valence-corrected chi connectivity index (χ1v) is 6.50. The zero-order valence-electron chi connectivity index (χ0n) is 12.3. The van der Waals surface area contributed by atoms with Gasteiger partial charge in [0.2, 0.25) is 0 Å². The van der Waals surface area contributed by atoms with Crippen LogP contribution in [0.15, 0.2) is 18.2 Å². The van der Waals surface area contributed by atoms with E-state index in [1.54, 1.807) is 19.2 Å². The molecule has 0 aliphatic heterocycles. The first-order chi connectivity index (χ1) is 8.98. The number of halogens is 1. The van der Waals surface area contributed by atoms with E-state index in [0.29, 0.717) is 12.4 Å². The Hall–Kier alpha value is -1.13. The number of hydrogen-bond donors (Lipinski definition) is 1. The van der Waals surface area contributed by atoms with Gasteiger partial charge in [-0.15, -0.1) is 0 Å². The lowest BCUT2D eigenvalue weighted by molar-refractivity contribution is 0.194. The molecule has 1 rings (SSSR count). The summed E-state index contributed by atoms with van der Waals surface area (Å²) in [7, 11) is 3.16. The van der Waals surface area contributed by atoms with Crippen LogP contribution in [0, 0.1) is 11.2 Å². The minimum Gasteiger partial charge on any atom is -0.494 e. The summed E-state index contributed by atoms with van der Waals surface area (Å²) in [6.45, 7) is 6.72. The zero-order chi connectivity index (χ0) is 14.3. The smallest absolute Gasteiger partial charge is 0.165 e. The van der Waals surface area contributed by atoms with Gasteiger partial charge in [0.05, 0.1) is 13.7 Å². The highest BCUT2D eigenvalue weighted by Crippen LogP contribution is 2.24. The van der Waals surface area contributed by atoms with Crippen molar-refractivity contribution < 1.29 is 13.9 Å². The highest BCUT2D eigenvalue weighted by Gasteiger charge is 2.18. The molecule has 1 aromatic rings. The Bertz CT molecular complexity index is 394. The number of rotatable bonds is 8. The molecule has 0 aliphatic carbocycles. The fraction of sp³-hybridized carbons (Fsp3) is 0.600. The summed E-state index contributed by atoms with van der Waals surface area (Å²) in [6.07, 6.45) is 0.813. The molecule has 0 spiro atoms. The van der Waals surface area contributed by atoms with Gasteiger partial charge < -0.3 is 14.8 Å². The molecule has 1 N–H and O–H groups in total. The van der Waals surface area contributed by atoms with Crippen molar-refractivity contribution in [3.8, 4) is 5.75 Å². The summed E-state index contributed by atoms with van der Waals surface area (Å²) in [5, 5.41) is 3.34. The molecule has 3 nitrogen and oxygen atoms in total. The van der Waals surface area contributed by atoms with Crippen LogP contribution in [0.1, 0.15) is 19.4 Å². The molecule has 0 amide bonds. The van der Waals surface area contributed by atoms with Crippen LogP contribution in [0.5, 0.6) is 5.75 Å². The molecule has 0 atom stereocenters. The molecule has 0 unspecified atom stereocenters. The zero-order valence-corrected chi connectivity index (χ0v) is 12.3. The Morgan fingerprint density at radius 2 is 2.00 bits per heavy atom. The van der Waals surface area contributed by atoms with E-state index < -0.39 is 0 Å². The van der Waals surface area contributed by atoms with E-state index in [-0.39, 0.29) is 11.2 Å². The molecular weight excluding hydrogens is 245 g/mol. The molecule has 1 aromatic carbocycles. The second-order valence-corrected chi connectivity index (χ2v) is 5.48. The van der Waals surface area contributed by atoms with Gasteiger partial charge in [0.15, 0.2) is 11.6 Å². The van der Waals surface area contributed by atoms with Gasteiger partial charge in [0, 0.05) is 20.2 Å². The van der Waals surface area contributed by atoms with E-state index in [1.165, 1.54) is 7.11 Å². The second-order valence-electron chi connectivity index (χ2n) is 5.48. The number of nitrogens with one attached hydrogen (secondary N) is 1.